The molecule has 1 aromatic carbocycles. The van der Waals surface area contributed by atoms with Crippen molar-refractivity contribution in [3.8, 4) is 0 Å². The van der Waals surface area contributed by atoms with E-state index in [4.69, 9.17) is 10.2 Å². The lowest BCUT2D eigenvalue weighted by atomic mass is 10.2. The summed E-state index contributed by atoms with van der Waals surface area (Å²) in [7, 11) is 0. The molecule has 0 aliphatic heterocycles. The van der Waals surface area contributed by atoms with Gasteiger partial charge in [-0.3, -0.25) is 0 Å². The van der Waals surface area contributed by atoms with Gasteiger partial charge in [0.2, 0.25) is 5.13 Å². The monoisotopic (exact) mass is 277 g/mol. The first-order valence-electron chi connectivity index (χ1n) is 5.02. The normalized spacial score (nSPS) is 10.9. The van der Waals surface area contributed by atoms with Gasteiger partial charge in [-0.1, -0.05) is 29.5 Å². The Kier molecular flexibility index (Phi) is 2.77. The molecule has 0 aliphatic rings. The molecule has 18 heavy (non-hydrogen) atoms. The highest BCUT2D eigenvalue weighted by atomic mass is 32.2. The Labute approximate surface area is 110 Å². The smallest absolute Gasteiger partial charge is 0.350 e. The van der Waals surface area contributed by atoms with E-state index in [0.717, 1.165) is 5.39 Å². The number of nitrogen functional groups attached to an aromatic ring is 1. The Morgan fingerprint density at radius 2 is 2.11 bits per heavy atom. The molecule has 0 atom stereocenters. The molecule has 0 bridgehead atoms. The molecule has 0 saturated carbocycles. The molecule has 7 heteroatoms. The van der Waals surface area contributed by atoms with Gasteiger partial charge in [-0.05, 0) is 23.9 Å². The number of aromatic nitrogens is 2. The summed E-state index contributed by atoms with van der Waals surface area (Å²) >= 11 is 2.44. The van der Waals surface area contributed by atoms with Gasteiger partial charge in [0.05, 0.1) is 0 Å². The fraction of sp³-hybridized carbons (Fsp3) is 0. The van der Waals surface area contributed by atoms with E-state index in [1.165, 1.54) is 23.1 Å². The highest BCUT2D eigenvalue weighted by Crippen LogP contribution is 2.30. The molecular weight excluding hydrogens is 270 g/mol. The molecule has 2 aromatic heterocycles. The van der Waals surface area contributed by atoms with Crippen LogP contribution >= 0.6 is 23.1 Å². The van der Waals surface area contributed by atoms with Crippen LogP contribution in [0.4, 0.5) is 5.13 Å². The van der Waals surface area contributed by atoms with E-state index < -0.39 is 0 Å². The number of para-hydroxylation sites is 1. The number of nitrogens with two attached hydrogens (primary N) is 1. The number of rotatable bonds is 2. The molecule has 3 aromatic rings. The van der Waals surface area contributed by atoms with Crippen molar-refractivity contribution in [2.45, 2.75) is 9.24 Å². The molecule has 0 spiro atoms. The van der Waals surface area contributed by atoms with Crippen LogP contribution in [0.3, 0.4) is 0 Å². The van der Waals surface area contributed by atoms with Gasteiger partial charge in [-0.25, -0.2) is 4.79 Å². The molecule has 3 rings (SSSR count). The molecule has 0 saturated heterocycles. The molecule has 0 unspecified atom stereocenters. The lowest BCUT2D eigenvalue weighted by Crippen LogP contribution is -2.00. The van der Waals surface area contributed by atoms with E-state index in [2.05, 4.69) is 10.2 Å². The van der Waals surface area contributed by atoms with Crippen molar-refractivity contribution in [1.29, 1.82) is 0 Å². The summed E-state index contributed by atoms with van der Waals surface area (Å²) < 4.78 is 5.84. The van der Waals surface area contributed by atoms with Crippen molar-refractivity contribution in [1.82, 2.24) is 10.2 Å². The average molecular weight is 277 g/mol. The quantitative estimate of drug-likeness (QED) is 0.724. The fourth-order valence-corrected chi connectivity index (χ4v) is 3.08. The van der Waals surface area contributed by atoms with Crippen molar-refractivity contribution in [2.24, 2.45) is 0 Å². The number of hydrogen-bond acceptors (Lipinski definition) is 7. The van der Waals surface area contributed by atoms with Crippen LogP contribution in [0.5, 0.6) is 0 Å². The van der Waals surface area contributed by atoms with Crippen LogP contribution in [0, 0.1) is 0 Å². The minimum Gasteiger partial charge on any atom is -0.422 e. The third-order valence-corrected chi connectivity index (χ3v) is 4.04. The minimum absolute atomic E-state index is 0.377. The van der Waals surface area contributed by atoms with Gasteiger partial charge in [0.1, 0.15) is 10.5 Å². The summed E-state index contributed by atoms with van der Waals surface area (Å²) in [4.78, 5) is 12.3. The van der Waals surface area contributed by atoms with Crippen LogP contribution < -0.4 is 11.4 Å². The number of fused-ring (bicyclic) bond motifs is 1. The topological polar surface area (TPSA) is 82.0 Å². The largest absolute Gasteiger partial charge is 0.422 e. The van der Waals surface area contributed by atoms with E-state index >= 15 is 0 Å². The highest BCUT2D eigenvalue weighted by Gasteiger charge is 2.10. The third-order valence-electron chi connectivity index (χ3n) is 2.23. The van der Waals surface area contributed by atoms with Gasteiger partial charge >= 0.3 is 5.63 Å². The molecule has 0 amide bonds. The van der Waals surface area contributed by atoms with Crippen molar-refractivity contribution < 1.29 is 4.42 Å². The summed E-state index contributed by atoms with van der Waals surface area (Å²) in [5, 5.41) is 8.81. The predicted molar refractivity (Wildman–Crippen MR) is 70.9 cm³/mol. The molecule has 90 valence electrons. The van der Waals surface area contributed by atoms with Gasteiger partial charge < -0.3 is 10.2 Å². The van der Waals surface area contributed by atoms with Crippen molar-refractivity contribution >= 4 is 39.2 Å². The van der Waals surface area contributed by atoms with Crippen LogP contribution in [0.2, 0.25) is 0 Å². The third kappa shape index (κ3) is 2.09. The number of anilines is 1. The lowest BCUT2D eigenvalue weighted by Gasteiger charge is -1.98. The summed E-state index contributed by atoms with van der Waals surface area (Å²) in [6.07, 6.45) is 0. The Morgan fingerprint density at radius 3 is 2.89 bits per heavy atom. The maximum absolute atomic E-state index is 11.8. The number of hydrogen-bond donors (Lipinski definition) is 1. The van der Waals surface area contributed by atoms with E-state index in [1.54, 1.807) is 12.1 Å². The van der Waals surface area contributed by atoms with Crippen molar-refractivity contribution in [3.05, 3.63) is 40.8 Å². The summed E-state index contributed by atoms with van der Waals surface area (Å²) in [5.41, 5.74) is 5.68. The van der Waals surface area contributed by atoms with E-state index in [-0.39, 0.29) is 5.63 Å². The van der Waals surface area contributed by atoms with Gasteiger partial charge in [-0.2, -0.15) is 0 Å². The Morgan fingerprint density at radius 1 is 1.28 bits per heavy atom. The second kappa shape index (κ2) is 4.43. The summed E-state index contributed by atoms with van der Waals surface area (Å²) in [6, 6.07) is 9.14. The molecule has 0 aliphatic carbocycles. The second-order valence-electron chi connectivity index (χ2n) is 3.44. The Bertz CT molecular complexity index is 766. The average Bonchev–Trinajstić information content (AvgIpc) is 2.76. The van der Waals surface area contributed by atoms with Gasteiger partial charge in [0.25, 0.3) is 0 Å². The number of benzene rings is 1. The van der Waals surface area contributed by atoms with E-state index in [9.17, 15) is 4.79 Å². The molecule has 5 nitrogen and oxygen atoms in total. The number of nitrogens with zero attached hydrogens (tertiary/aromatic N) is 2. The van der Waals surface area contributed by atoms with Gasteiger partial charge in [0, 0.05) is 5.39 Å². The minimum atomic E-state index is -0.382. The zero-order valence-electron chi connectivity index (χ0n) is 8.99. The van der Waals surface area contributed by atoms with Crippen molar-refractivity contribution in [3.63, 3.8) is 0 Å². The van der Waals surface area contributed by atoms with Crippen LogP contribution in [0.1, 0.15) is 0 Å². The van der Waals surface area contributed by atoms with Crippen LogP contribution in [-0.2, 0) is 0 Å². The van der Waals surface area contributed by atoms with Crippen LogP contribution in [0.25, 0.3) is 11.0 Å². The lowest BCUT2D eigenvalue weighted by molar-refractivity contribution is 0.544. The maximum atomic E-state index is 11.8. The Hall–Kier alpha value is -1.86. The first-order chi connectivity index (χ1) is 8.72. The maximum Gasteiger partial charge on any atom is 0.350 e. The molecular formula is C11H7N3O2S2. The van der Waals surface area contributed by atoms with Gasteiger partial charge in [0.15, 0.2) is 4.34 Å². The van der Waals surface area contributed by atoms with E-state index in [1.807, 2.05) is 18.2 Å². The zero-order valence-corrected chi connectivity index (χ0v) is 10.6. The molecule has 0 fully saturated rings. The standard InChI is InChI=1S/C11H7N3O2S2/c12-10-13-14-11(18-10)17-8-5-6-3-1-2-4-7(6)16-9(8)15/h1-5H,(H2,12,13). The van der Waals surface area contributed by atoms with Gasteiger partial charge in [-0.15, -0.1) is 10.2 Å². The first-order valence-corrected chi connectivity index (χ1v) is 6.65. The van der Waals surface area contributed by atoms with Crippen LogP contribution in [0.15, 0.2) is 48.8 Å². The Balaban J connectivity index is 2.06. The van der Waals surface area contributed by atoms with Crippen LogP contribution in [-0.4, -0.2) is 10.2 Å². The summed E-state index contributed by atoms with van der Waals surface area (Å²) in [6.45, 7) is 0. The molecule has 0 radical (unpaired) electrons. The highest BCUT2D eigenvalue weighted by molar-refractivity contribution is 8.01. The molecule has 2 heterocycles. The summed E-state index contributed by atoms with van der Waals surface area (Å²) in [5.74, 6) is 0. The first kappa shape index (κ1) is 11.2. The van der Waals surface area contributed by atoms with Crippen molar-refractivity contribution in [2.75, 3.05) is 5.73 Å². The molecule has 2 N–H and O–H groups in total. The fourth-order valence-electron chi connectivity index (χ4n) is 1.47. The predicted octanol–water partition coefficient (Wildman–Crippen LogP) is 2.38. The zero-order chi connectivity index (χ0) is 12.5. The SMILES string of the molecule is Nc1nnc(Sc2cc3ccccc3oc2=O)s1. The second-order valence-corrected chi connectivity index (χ2v) is 5.74. The van der Waals surface area contributed by atoms with E-state index in [0.29, 0.717) is 19.9 Å².